The maximum Gasteiger partial charge on any atom is 0.0726 e. The average molecular weight is 331 g/mol. The van der Waals surface area contributed by atoms with Gasteiger partial charge in [-0.3, -0.25) is 4.84 Å². The van der Waals surface area contributed by atoms with Gasteiger partial charge >= 0.3 is 0 Å². The third kappa shape index (κ3) is 4.42. The molecule has 0 unspecified atom stereocenters. The fourth-order valence-electron chi connectivity index (χ4n) is 2.40. The number of hydrogen-bond acceptors (Lipinski definition) is 2. The normalized spacial score (nSPS) is 12.1. The highest BCUT2D eigenvalue weighted by molar-refractivity contribution is 6.24. The number of halogens is 1. The van der Waals surface area contributed by atoms with Crippen LogP contribution in [0.2, 0.25) is 0 Å². The second-order valence-electron chi connectivity index (χ2n) is 8.06. The van der Waals surface area contributed by atoms with Gasteiger partial charge in [0.1, 0.15) is 0 Å². The van der Waals surface area contributed by atoms with Gasteiger partial charge in [0.25, 0.3) is 0 Å². The molecule has 0 aromatic heterocycles. The summed E-state index contributed by atoms with van der Waals surface area (Å²) in [5.74, 6) is 0. The topological polar surface area (TPSA) is 24.1 Å². The lowest BCUT2D eigenvalue weighted by molar-refractivity contribution is 0.569. The number of benzene rings is 2. The third-order valence-corrected chi connectivity index (χ3v) is 4.18. The van der Waals surface area contributed by atoms with Crippen LogP contribution in [0.15, 0.2) is 42.5 Å². The molecule has 2 aromatic carbocycles. The molecule has 0 saturated carbocycles. The van der Waals surface area contributed by atoms with Crippen molar-refractivity contribution in [3.8, 4) is 0 Å². The molecule has 0 saturated heterocycles. The molecule has 0 aliphatic carbocycles. The highest BCUT2D eigenvalue weighted by Crippen LogP contribution is 2.34. The van der Waals surface area contributed by atoms with Gasteiger partial charge in [0.2, 0.25) is 0 Å². The zero-order valence-electron chi connectivity index (χ0n) is 14.9. The van der Waals surface area contributed by atoms with Crippen molar-refractivity contribution in [3.63, 3.8) is 0 Å². The van der Waals surface area contributed by atoms with Crippen molar-refractivity contribution in [3.05, 3.63) is 53.6 Å². The Hall–Kier alpha value is -1.67. The summed E-state index contributed by atoms with van der Waals surface area (Å²) in [6.07, 6.45) is 0. The maximum atomic E-state index is 5.82. The molecule has 0 amide bonds. The van der Waals surface area contributed by atoms with Gasteiger partial charge in [-0.2, -0.15) is 0 Å². The highest BCUT2D eigenvalue weighted by Gasteiger charge is 2.20. The Kier molecular flexibility index (Phi) is 4.95. The molecule has 3 heteroatoms. The Labute approximate surface area is 145 Å². The Morgan fingerprint density at radius 1 is 0.739 bits per heavy atom. The molecule has 2 nitrogen and oxygen atoms in total. The molecule has 0 fully saturated rings. The monoisotopic (exact) mass is 330 g/mol. The van der Waals surface area contributed by atoms with E-state index in [0.717, 1.165) is 17.1 Å². The van der Waals surface area contributed by atoms with Crippen LogP contribution in [0.4, 0.5) is 17.1 Å². The van der Waals surface area contributed by atoms with Crippen LogP contribution in [0.5, 0.6) is 0 Å². The molecule has 0 radical (unpaired) electrons. The molecule has 0 atom stereocenters. The SMILES string of the molecule is CC(C)(C)c1cc(Nc2ccccc2NCl)cc(C(C)(C)C)c1. The fraction of sp³-hybridized carbons (Fsp3) is 0.400. The molecule has 0 spiro atoms. The van der Waals surface area contributed by atoms with Gasteiger partial charge < -0.3 is 5.32 Å². The van der Waals surface area contributed by atoms with E-state index in [1.165, 1.54) is 11.1 Å². The van der Waals surface area contributed by atoms with Crippen LogP contribution in [-0.2, 0) is 10.8 Å². The lowest BCUT2D eigenvalue weighted by Gasteiger charge is -2.26. The van der Waals surface area contributed by atoms with E-state index in [0.29, 0.717) is 0 Å². The van der Waals surface area contributed by atoms with Crippen molar-refractivity contribution in [2.45, 2.75) is 52.4 Å². The molecule has 0 aliphatic rings. The van der Waals surface area contributed by atoms with Crippen LogP contribution in [0.25, 0.3) is 0 Å². The average Bonchev–Trinajstić information content (AvgIpc) is 2.45. The van der Waals surface area contributed by atoms with Crippen molar-refractivity contribution in [2.75, 3.05) is 10.2 Å². The van der Waals surface area contributed by atoms with Gasteiger partial charge in [0.15, 0.2) is 0 Å². The summed E-state index contributed by atoms with van der Waals surface area (Å²) in [6.45, 7) is 13.5. The Balaban J connectivity index is 2.49. The Bertz CT molecular complexity index is 647. The van der Waals surface area contributed by atoms with Gasteiger partial charge in [-0.05, 0) is 46.2 Å². The first-order chi connectivity index (χ1) is 10.6. The summed E-state index contributed by atoms with van der Waals surface area (Å²) in [4.78, 5) is 2.72. The first-order valence-corrected chi connectivity index (χ1v) is 8.38. The van der Waals surface area contributed by atoms with Gasteiger partial charge in [-0.25, -0.2) is 0 Å². The molecule has 2 aromatic rings. The van der Waals surface area contributed by atoms with Crippen molar-refractivity contribution in [1.29, 1.82) is 0 Å². The number of anilines is 3. The molecule has 0 aliphatic heterocycles. The van der Waals surface area contributed by atoms with Crippen molar-refractivity contribution < 1.29 is 0 Å². The number of nitrogens with one attached hydrogen (secondary N) is 2. The first kappa shape index (κ1) is 17.7. The predicted octanol–water partition coefficient (Wildman–Crippen LogP) is 6.59. The zero-order valence-corrected chi connectivity index (χ0v) is 15.7. The first-order valence-electron chi connectivity index (χ1n) is 8.00. The summed E-state index contributed by atoms with van der Waals surface area (Å²) < 4.78 is 0. The van der Waals surface area contributed by atoms with Crippen LogP contribution in [0.1, 0.15) is 52.7 Å². The van der Waals surface area contributed by atoms with Crippen LogP contribution >= 0.6 is 11.8 Å². The van der Waals surface area contributed by atoms with E-state index in [2.05, 4.69) is 69.9 Å². The lowest BCUT2D eigenvalue weighted by atomic mass is 9.80. The van der Waals surface area contributed by atoms with Crippen molar-refractivity contribution >= 4 is 28.8 Å². The summed E-state index contributed by atoms with van der Waals surface area (Å²) in [5, 5.41) is 3.50. The third-order valence-electron chi connectivity index (χ3n) is 3.97. The maximum absolute atomic E-state index is 5.82. The van der Waals surface area contributed by atoms with E-state index >= 15 is 0 Å². The van der Waals surface area contributed by atoms with E-state index in [4.69, 9.17) is 11.8 Å². The molecule has 2 N–H and O–H groups in total. The minimum absolute atomic E-state index is 0.0991. The predicted molar refractivity (Wildman–Crippen MR) is 103 cm³/mol. The van der Waals surface area contributed by atoms with Crippen LogP contribution in [0, 0.1) is 0 Å². The minimum Gasteiger partial charge on any atom is -0.354 e. The molecule has 23 heavy (non-hydrogen) atoms. The lowest BCUT2D eigenvalue weighted by Crippen LogP contribution is -2.16. The van der Waals surface area contributed by atoms with E-state index in [1.54, 1.807) is 0 Å². The molecule has 124 valence electrons. The highest BCUT2D eigenvalue weighted by atomic mass is 35.5. The zero-order chi connectivity index (χ0) is 17.3. The molecular formula is C20H27ClN2. The number of hydrogen-bond donors (Lipinski definition) is 2. The van der Waals surface area contributed by atoms with Crippen LogP contribution < -0.4 is 10.2 Å². The van der Waals surface area contributed by atoms with Crippen LogP contribution in [-0.4, -0.2) is 0 Å². The van der Waals surface area contributed by atoms with Crippen LogP contribution in [0.3, 0.4) is 0 Å². The van der Waals surface area contributed by atoms with Crippen molar-refractivity contribution in [1.82, 2.24) is 0 Å². The second kappa shape index (κ2) is 6.45. The van der Waals surface area contributed by atoms with E-state index in [9.17, 15) is 0 Å². The van der Waals surface area contributed by atoms with Gasteiger partial charge in [0, 0.05) is 17.5 Å². The minimum atomic E-state index is 0.0991. The smallest absolute Gasteiger partial charge is 0.0726 e. The molecule has 0 bridgehead atoms. The number of rotatable bonds is 3. The van der Waals surface area contributed by atoms with Crippen molar-refractivity contribution in [2.24, 2.45) is 0 Å². The molecule has 2 rings (SSSR count). The fourth-order valence-corrected chi connectivity index (χ4v) is 2.56. The Morgan fingerprint density at radius 3 is 1.65 bits per heavy atom. The molecule has 0 heterocycles. The largest absolute Gasteiger partial charge is 0.354 e. The summed E-state index contributed by atoms with van der Waals surface area (Å²) >= 11 is 5.82. The summed E-state index contributed by atoms with van der Waals surface area (Å²) in [5.41, 5.74) is 5.76. The van der Waals surface area contributed by atoms with E-state index in [1.807, 2.05) is 24.3 Å². The summed E-state index contributed by atoms with van der Waals surface area (Å²) in [7, 11) is 0. The van der Waals surface area contributed by atoms with Gasteiger partial charge in [-0.15, -0.1) is 0 Å². The van der Waals surface area contributed by atoms with E-state index in [-0.39, 0.29) is 10.8 Å². The quantitative estimate of drug-likeness (QED) is 0.620. The standard InChI is InChI=1S/C20H27ClN2/c1-19(2,3)14-11-15(20(4,5)6)13-16(12-14)22-17-9-7-8-10-18(17)23-21/h7-13,22-23H,1-6H3. The Morgan fingerprint density at radius 2 is 1.22 bits per heavy atom. The molecular weight excluding hydrogens is 304 g/mol. The summed E-state index contributed by atoms with van der Waals surface area (Å²) in [6, 6.07) is 14.7. The number of para-hydroxylation sites is 2. The second-order valence-corrected chi connectivity index (χ2v) is 8.25. The van der Waals surface area contributed by atoms with Gasteiger partial charge in [0.05, 0.1) is 11.4 Å². The van der Waals surface area contributed by atoms with E-state index < -0.39 is 0 Å². The van der Waals surface area contributed by atoms with Gasteiger partial charge in [-0.1, -0.05) is 59.7 Å².